The lowest BCUT2D eigenvalue weighted by atomic mass is 9.92. The van der Waals surface area contributed by atoms with Crippen molar-refractivity contribution in [2.75, 3.05) is 13.6 Å². The molecule has 0 radical (unpaired) electrons. The Morgan fingerprint density at radius 1 is 1.19 bits per heavy atom. The molecular formula is C22H25N3O. The number of benzene rings is 1. The number of rotatable bonds is 1. The van der Waals surface area contributed by atoms with Gasteiger partial charge in [-0.2, -0.15) is 0 Å². The molecule has 0 saturated heterocycles. The third-order valence-corrected chi connectivity index (χ3v) is 5.95. The fraction of sp³-hybridized carbons (Fsp3) is 0.409. The maximum atomic E-state index is 6.76. The van der Waals surface area contributed by atoms with Crippen molar-refractivity contribution in [1.82, 2.24) is 14.5 Å². The van der Waals surface area contributed by atoms with Gasteiger partial charge in [-0.05, 0) is 63.2 Å². The Hall–Kier alpha value is -2.17. The molecule has 0 spiro atoms. The van der Waals surface area contributed by atoms with Gasteiger partial charge in [0.1, 0.15) is 11.7 Å². The molecule has 0 N–H and O–H groups in total. The molecule has 0 aliphatic carbocycles. The first-order valence-corrected chi connectivity index (χ1v) is 9.36. The van der Waals surface area contributed by atoms with Crippen molar-refractivity contribution in [1.29, 1.82) is 0 Å². The number of pyridine rings is 1. The number of hydrogen-bond acceptors (Lipinski definition) is 3. The van der Waals surface area contributed by atoms with Crippen LogP contribution in [0.15, 0.2) is 36.5 Å². The number of likely N-dealkylation sites (N-methyl/N-ethyl adjacent to an activating group) is 1. The summed E-state index contributed by atoms with van der Waals surface area (Å²) < 4.78 is 9.28. The van der Waals surface area contributed by atoms with Crippen LogP contribution in [0.5, 0.6) is 0 Å². The number of ether oxygens (including phenoxy) is 1. The number of fused-ring (bicyclic) bond motifs is 3. The second-order valence-corrected chi connectivity index (χ2v) is 8.19. The maximum absolute atomic E-state index is 6.76. The van der Waals surface area contributed by atoms with Gasteiger partial charge < -0.3 is 9.30 Å². The van der Waals surface area contributed by atoms with E-state index in [4.69, 9.17) is 4.74 Å². The van der Waals surface area contributed by atoms with Crippen LogP contribution >= 0.6 is 0 Å². The molecule has 4 heteroatoms. The van der Waals surface area contributed by atoms with Gasteiger partial charge in [0.2, 0.25) is 0 Å². The highest BCUT2D eigenvalue weighted by molar-refractivity contribution is 5.87. The second kappa shape index (κ2) is 5.41. The molecule has 2 aromatic heterocycles. The first-order valence-electron chi connectivity index (χ1n) is 9.36. The van der Waals surface area contributed by atoms with Gasteiger partial charge in [-0.15, -0.1) is 0 Å². The van der Waals surface area contributed by atoms with E-state index in [2.05, 4.69) is 65.7 Å². The molecule has 0 bridgehead atoms. The van der Waals surface area contributed by atoms with Gasteiger partial charge in [-0.3, -0.25) is 9.88 Å². The summed E-state index contributed by atoms with van der Waals surface area (Å²) in [6.07, 6.45) is 1.99. The third kappa shape index (κ3) is 2.25. The van der Waals surface area contributed by atoms with E-state index in [0.29, 0.717) is 0 Å². The zero-order valence-electron chi connectivity index (χ0n) is 15.9. The van der Waals surface area contributed by atoms with Gasteiger partial charge in [0.15, 0.2) is 0 Å². The molecule has 134 valence electrons. The molecule has 2 aliphatic rings. The van der Waals surface area contributed by atoms with Gasteiger partial charge in [-0.25, -0.2) is 0 Å². The molecule has 2 atom stereocenters. The Morgan fingerprint density at radius 3 is 2.85 bits per heavy atom. The monoisotopic (exact) mass is 347 g/mol. The van der Waals surface area contributed by atoms with Crippen LogP contribution in [-0.2, 0) is 23.4 Å². The van der Waals surface area contributed by atoms with Crippen LogP contribution in [0.3, 0.4) is 0 Å². The molecule has 5 rings (SSSR count). The lowest BCUT2D eigenvalue weighted by Gasteiger charge is -2.44. The Bertz CT molecular complexity index is 1020. The predicted molar refractivity (Wildman–Crippen MR) is 103 cm³/mol. The molecule has 0 amide bonds. The summed E-state index contributed by atoms with van der Waals surface area (Å²) in [7, 11) is 2.19. The molecule has 4 heterocycles. The van der Waals surface area contributed by atoms with E-state index in [1.807, 2.05) is 13.1 Å². The molecule has 2 aliphatic heterocycles. The molecule has 1 aromatic carbocycles. The second-order valence-electron chi connectivity index (χ2n) is 8.19. The van der Waals surface area contributed by atoms with E-state index < -0.39 is 0 Å². The maximum Gasteiger partial charge on any atom is 0.112 e. The SMILES string of the molecule is Cc1ccc2c(c1)c1c3n2CC(C)(c2ccnc(C)c2)OC3CN(C)C1. The van der Waals surface area contributed by atoms with Crippen LogP contribution in [0.2, 0.25) is 0 Å². The summed E-state index contributed by atoms with van der Waals surface area (Å²) >= 11 is 0. The molecule has 26 heavy (non-hydrogen) atoms. The first kappa shape index (κ1) is 16.0. The van der Waals surface area contributed by atoms with Gasteiger partial charge in [0.05, 0.1) is 12.2 Å². The van der Waals surface area contributed by atoms with Crippen molar-refractivity contribution in [3.8, 4) is 0 Å². The topological polar surface area (TPSA) is 30.3 Å². The summed E-state index contributed by atoms with van der Waals surface area (Å²) in [6.45, 7) is 9.20. The average Bonchev–Trinajstić information content (AvgIpc) is 2.88. The van der Waals surface area contributed by atoms with E-state index in [-0.39, 0.29) is 11.7 Å². The Morgan fingerprint density at radius 2 is 2.04 bits per heavy atom. The molecular weight excluding hydrogens is 322 g/mol. The average molecular weight is 347 g/mol. The van der Waals surface area contributed by atoms with E-state index >= 15 is 0 Å². The third-order valence-electron chi connectivity index (χ3n) is 5.95. The minimum atomic E-state index is -0.350. The molecule has 0 fully saturated rings. The minimum Gasteiger partial charge on any atom is -0.358 e. The number of nitrogens with zero attached hydrogens (tertiary/aromatic N) is 3. The minimum absolute atomic E-state index is 0.101. The first-order chi connectivity index (χ1) is 12.4. The summed E-state index contributed by atoms with van der Waals surface area (Å²) in [4.78, 5) is 6.74. The van der Waals surface area contributed by atoms with Crippen molar-refractivity contribution < 1.29 is 4.74 Å². The van der Waals surface area contributed by atoms with Crippen LogP contribution in [0.25, 0.3) is 10.9 Å². The zero-order valence-corrected chi connectivity index (χ0v) is 15.9. The summed E-state index contributed by atoms with van der Waals surface area (Å²) in [5.74, 6) is 0. The zero-order chi connectivity index (χ0) is 18.1. The van der Waals surface area contributed by atoms with Crippen LogP contribution in [0.1, 0.15) is 41.1 Å². The van der Waals surface area contributed by atoms with Crippen molar-refractivity contribution in [3.05, 3.63) is 64.6 Å². The quantitative estimate of drug-likeness (QED) is 0.664. The number of hydrogen-bond donors (Lipinski definition) is 0. The van der Waals surface area contributed by atoms with Crippen molar-refractivity contribution >= 4 is 10.9 Å². The van der Waals surface area contributed by atoms with E-state index in [1.165, 1.54) is 33.3 Å². The van der Waals surface area contributed by atoms with Crippen LogP contribution in [0, 0.1) is 13.8 Å². The standard InChI is InChI=1S/C22H25N3O/c1-14-5-6-19-17(9-14)18-11-24(4)12-20-21(18)25(19)13-22(3,26-20)16-7-8-23-15(2)10-16/h5-10,20H,11-13H2,1-4H3. The Labute approximate surface area is 154 Å². The predicted octanol–water partition coefficient (Wildman–Crippen LogP) is 4.09. The summed E-state index contributed by atoms with van der Waals surface area (Å²) in [5.41, 5.74) is 7.36. The lowest BCUT2D eigenvalue weighted by molar-refractivity contribution is -0.133. The van der Waals surface area contributed by atoms with Crippen LogP contribution in [-0.4, -0.2) is 28.0 Å². The highest BCUT2D eigenvalue weighted by atomic mass is 16.5. The molecule has 0 saturated carbocycles. The molecule has 2 unspecified atom stereocenters. The summed E-state index contributed by atoms with van der Waals surface area (Å²) in [5, 5.41) is 1.38. The van der Waals surface area contributed by atoms with Gasteiger partial charge >= 0.3 is 0 Å². The Balaban J connectivity index is 1.74. The van der Waals surface area contributed by atoms with Gasteiger partial charge in [0.25, 0.3) is 0 Å². The van der Waals surface area contributed by atoms with Crippen molar-refractivity contribution in [2.45, 2.75) is 45.6 Å². The lowest BCUT2D eigenvalue weighted by Crippen LogP contribution is -2.44. The van der Waals surface area contributed by atoms with Crippen LogP contribution < -0.4 is 0 Å². The molecule has 3 aromatic rings. The highest BCUT2D eigenvalue weighted by Gasteiger charge is 2.42. The van der Waals surface area contributed by atoms with Crippen molar-refractivity contribution in [2.24, 2.45) is 0 Å². The normalized spacial score (nSPS) is 25.5. The number of aromatic nitrogens is 2. The van der Waals surface area contributed by atoms with Crippen molar-refractivity contribution in [3.63, 3.8) is 0 Å². The fourth-order valence-corrected chi connectivity index (χ4v) is 4.75. The largest absolute Gasteiger partial charge is 0.358 e. The number of aryl methyl sites for hydroxylation is 2. The van der Waals surface area contributed by atoms with Crippen LogP contribution in [0.4, 0.5) is 0 Å². The smallest absolute Gasteiger partial charge is 0.112 e. The van der Waals surface area contributed by atoms with E-state index in [9.17, 15) is 0 Å². The highest BCUT2D eigenvalue weighted by Crippen LogP contribution is 2.46. The van der Waals surface area contributed by atoms with E-state index in [1.54, 1.807) is 0 Å². The Kier molecular flexibility index (Phi) is 3.34. The fourth-order valence-electron chi connectivity index (χ4n) is 4.75. The molecule has 4 nitrogen and oxygen atoms in total. The van der Waals surface area contributed by atoms with E-state index in [0.717, 1.165) is 25.3 Å². The summed E-state index contributed by atoms with van der Waals surface area (Å²) in [6, 6.07) is 11.1. The van der Waals surface area contributed by atoms with Gasteiger partial charge in [0, 0.05) is 35.9 Å². The van der Waals surface area contributed by atoms with Gasteiger partial charge in [-0.1, -0.05) is 11.6 Å².